The lowest BCUT2D eigenvalue weighted by Gasteiger charge is -2.40. The zero-order valence-corrected chi connectivity index (χ0v) is 44.0. The van der Waals surface area contributed by atoms with Crippen molar-refractivity contribution in [3.63, 3.8) is 0 Å². The number of halogens is 4. The van der Waals surface area contributed by atoms with E-state index in [1.807, 2.05) is 23.1 Å². The molecule has 3 saturated heterocycles. The topological polar surface area (TPSA) is 132 Å². The molecule has 14 nitrogen and oxygen atoms in total. The van der Waals surface area contributed by atoms with E-state index < -0.39 is 18.3 Å². The Morgan fingerprint density at radius 2 is 1.79 bits per heavy atom. The van der Waals surface area contributed by atoms with Gasteiger partial charge in [-0.3, -0.25) is 14.3 Å². The van der Waals surface area contributed by atoms with E-state index in [-0.39, 0.29) is 28.5 Å². The van der Waals surface area contributed by atoms with Crippen molar-refractivity contribution in [1.29, 1.82) is 5.26 Å². The SMILES string of the molecule is CC(=O)N1CCC2=C(C1)C(N1CCCc3cc(-c4cnn(C)c4)c(C(F)F)cc31)=N/[N+]2=C\C1CCC(CN2CCC(NC(=O)c3ccc(N4CCC5(CC4)C[C@H](C)N(c4ccc(C#N)c(Cl)c4)C5)nc3F)CC2)CC1. The molecule has 7 aliphatic rings. The van der Waals surface area contributed by atoms with Gasteiger partial charge in [-0.1, -0.05) is 16.3 Å². The average Bonchev–Trinajstić information content (AvgIpc) is 4.11. The van der Waals surface area contributed by atoms with E-state index in [9.17, 15) is 23.6 Å². The van der Waals surface area contributed by atoms with Crippen LogP contribution < -0.4 is 20.0 Å². The molecule has 4 fully saturated rings. The monoisotopic (exact) mass is 1040 g/mol. The van der Waals surface area contributed by atoms with Crippen molar-refractivity contribution in [2.24, 2.45) is 29.4 Å². The molecule has 18 heteroatoms. The quantitative estimate of drug-likeness (QED) is 0.129. The summed E-state index contributed by atoms with van der Waals surface area (Å²) in [5.41, 5.74) is 6.60. The highest BCUT2D eigenvalue weighted by Crippen LogP contribution is 2.46. The number of carbonyl (C=O) groups is 2. The third-order valence-corrected chi connectivity index (χ3v) is 17.8. The fourth-order valence-electron chi connectivity index (χ4n) is 13.3. The van der Waals surface area contributed by atoms with Gasteiger partial charge in [-0.2, -0.15) is 14.8 Å². The number of aryl methyl sites for hydroxylation is 2. The zero-order chi connectivity index (χ0) is 52.1. The number of hydrogen-bond donors (Lipinski definition) is 1. The molecular formula is C57H67ClF3N12O2+. The molecule has 1 N–H and O–H groups in total. The van der Waals surface area contributed by atoms with Crippen molar-refractivity contribution in [3.8, 4) is 17.2 Å². The van der Waals surface area contributed by atoms with Crippen molar-refractivity contribution < 1.29 is 27.4 Å². The summed E-state index contributed by atoms with van der Waals surface area (Å²) < 4.78 is 48.8. The van der Waals surface area contributed by atoms with Crippen LogP contribution in [0.25, 0.3) is 11.1 Å². The number of nitrogens with one attached hydrogen (secondary N) is 1. The van der Waals surface area contributed by atoms with Crippen LogP contribution in [0.2, 0.25) is 5.02 Å². The summed E-state index contributed by atoms with van der Waals surface area (Å²) in [6.07, 6.45) is 14.1. The first-order chi connectivity index (χ1) is 36.2. The molecule has 0 radical (unpaired) electrons. The van der Waals surface area contributed by atoms with Crippen molar-refractivity contribution in [1.82, 2.24) is 29.9 Å². The van der Waals surface area contributed by atoms with E-state index in [1.165, 1.54) is 0 Å². The van der Waals surface area contributed by atoms with Crippen LogP contribution >= 0.6 is 11.6 Å². The lowest BCUT2D eigenvalue weighted by molar-refractivity contribution is -0.479. The molecule has 1 aliphatic carbocycles. The molecule has 8 heterocycles. The number of nitriles is 1. The van der Waals surface area contributed by atoms with Crippen LogP contribution in [0.3, 0.4) is 0 Å². The number of alkyl halides is 2. The van der Waals surface area contributed by atoms with E-state index in [1.54, 1.807) is 55.3 Å². The van der Waals surface area contributed by atoms with Gasteiger partial charge in [0.2, 0.25) is 23.4 Å². The van der Waals surface area contributed by atoms with E-state index in [0.717, 1.165) is 144 Å². The molecule has 1 saturated carbocycles. The number of pyridine rings is 1. The number of aromatic nitrogens is 3. The van der Waals surface area contributed by atoms with Gasteiger partial charge >= 0.3 is 0 Å². The number of likely N-dealkylation sites (tertiary alicyclic amines) is 1. The smallest absolute Gasteiger partial charge is 0.264 e. The lowest BCUT2D eigenvalue weighted by atomic mass is 9.77. The number of amides is 2. The molecule has 2 amide bonds. The van der Waals surface area contributed by atoms with Gasteiger partial charge in [-0.05, 0) is 142 Å². The van der Waals surface area contributed by atoms with Crippen LogP contribution in [0.1, 0.15) is 118 Å². The minimum atomic E-state index is -2.67. The molecule has 2 aromatic heterocycles. The molecule has 6 aliphatic heterocycles. The van der Waals surface area contributed by atoms with E-state index >= 15 is 4.39 Å². The van der Waals surface area contributed by atoms with Gasteiger partial charge in [0.15, 0.2) is 6.21 Å². The van der Waals surface area contributed by atoms with Gasteiger partial charge < -0.3 is 29.8 Å². The molecule has 75 heavy (non-hydrogen) atoms. The van der Waals surface area contributed by atoms with Crippen molar-refractivity contribution in [2.45, 2.75) is 109 Å². The van der Waals surface area contributed by atoms with Crippen molar-refractivity contribution in [2.75, 3.05) is 73.6 Å². The summed E-state index contributed by atoms with van der Waals surface area (Å²) in [5, 5.41) is 22.4. The summed E-state index contributed by atoms with van der Waals surface area (Å²) in [5.74, 6) is 1.05. The Bertz CT molecular complexity index is 3000. The van der Waals surface area contributed by atoms with Crippen LogP contribution in [-0.2, 0) is 18.3 Å². The Kier molecular flexibility index (Phi) is 14.3. The minimum Gasteiger partial charge on any atom is -0.368 e. The number of piperidine rings is 2. The number of rotatable bonds is 9. The second-order valence-corrected chi connectivity index (χ2v) is 22.7. The Labute approximate surface area is 442 Å². The Hall–Kier alpha value is -6.25. The first-order valence-corrected chi connectivity index (χ1v) is 27.4. The predicted octanol–water partition coefficient (Wildman–Crippen LogP) is 9.34. The van der Waals surface area contributed by atoms with Crippen LogP contribution in [0.5, 0.6) is 0 Å². The van der Waals surface area contributed by atoms with Crippen LogP contribution in [0.4, 0.5) is 30.4 Å². The summed E-state index contributed by atoms with van der Waals surface area (Å²) in [6, 6.07) is 15.0. The molecule has 11 rings (SSSR count). The number of fused-ring (bicyclic) bond motifs is 1. The van der Waals surface area contributed by atoms with Crippen molar-refractivity contribution in [3.05, 3.63) is 99.4 Å². The lowest BCUT2D eigenvalue weighted by Crippen LogP contribution is -2.46. The fourth-order valence-corrected chi connectivity index (χ4v) is 13.5. The van der Waals surface area contributed by atoms with Gasteiger partial charge in [0.05, 0.1) is 40.9 Å². The molecule has 0 unspecified atom stereocenters. The first-order valence-electron chi connectivity index (χ1n) is 27.0. The van der Waals surface area contributed by atoms with Gasteiger partial charge in [0.25, 0.3) is 12.3 Å². The average molecular weight is 1040 g/mol. The van der Waals surface area contributed by atoms with E-state index in [4.69, 9.17) is 16.7 Å². The number of amidine groups is 1. The number of benzene rings is 2. The number of hydrazone groups is 1. The number of hydrogen-bond acceptors (Lipinski definition) is 10. The van der Waals surface area contributed by atoms with Gasteiger partial charge in [0, 0.05) is 118 Å². The van der Waals surface area contributed by atoms with Crippen LogP contribution in [-0.4, -0.2) is 124 Å². The molecule has 394 valence electrons. The minimum absolute atomic E-state index is 0.00858. The second kappa shape index (κ2) is 21.1. The third kappa shape index (κ3) is 10.4. The number of anilines is 3. The highest BCUT2D eigenvalue weighted by Gasteiger charge is 2.45. The number of nitrogens with zero attached hydrogens (tertiary/aromatic N) is 11. The highest BCUT2D eigenvalue weighted by molar-refractivity contribution is 6.32. The Morgan fingerprint density at radius 1 is 1.00 bits per heavy atom. The summed E-state index contributed by atoms with van der Waals surface area (Å²) in [4.78, 5) is 41.4. The molecule has 4 aromatic rings. The van der Waals surface area contributed by atoms with Crippen LogP contribution in [0, 0.1) is 34.5 Å². The second-order valence-electron chi connectivity index (χ2n) is 22.3. The third-order valence-electron chi connectivity index (χ3n) is 17.5. The first kappa shape index (κ1) is 50.9. The fraction of sp³-hybridized carbons (Fsp3) is 0.526. The summed E-state index contributed by atoms with van der Waals surface area (Å²) in [7, 11) is 1.78. The zero-order valence-electron chi connectivity index (χ0n) is 43.3. The van der Waals surface area contributed by atoms with Crippen LogP contribution in [0.15, 0.2) is 71.2 Å². The highest BCUT2D eigenvalue weighted by atomic mass is 35.5. The maximum Gasteiger partial charge on any atom is 0.264 e. The van der Waals surface area contributed by atoms with Gasteiger partial charge in [0.1, 0.15) is 11.9 Å². The maximum atomic E-state index is 15.6. The Morgan fingerprint density at radius 3 is 2.48 bits per heavy atom. The van der Waals surface area contributed by atoms with E-state index in [2.05, 4.69) is 58.9 Å². The molecule has 1 atom stereocenters. The molecular weight excluding hydrogens is 977 g/mol. The normalized spacial score (nSPS) is 23.7. The summed E-state index contributed by atoms with van der Waals surface area (Å²) >= 11 is 6.38. The van der Waals surface area contributed by atoms with E-state index in [0.29, 0.717) is 71.5 Å². The number of carbonyl (C=O) groups excluding carboxylic acids is 2. The van der Waals surface area contributed by atoms with Gasteiger partial charge in [-0.25, -0.2) is 13.8 Å². The largest absolute Gasteiger partial charge is 0.368 e. The maximum absolute atomic E-state index is 15.6. The summed E-state index contributed by atoms with van der Waals surface area (Å²) in [6.45, 7) is 10.7. The molecule has 2 aromatic carbocycles. The van der Waals surface area contributed by atoms with Crippen molar-refractivity contribution >= 4 is 52.7 Å². The Balaban J connectivity index is 0.667. The predicted molar refractivity (Wildman–Crippen MR) is 285 cm³/mol. The van der Waals surface area contributed by atoms with Gasteiger partial charge in [-0.15, -0.1) is 0 Å². The molecule has 0 bridgehead atoms. The molecule has 1 spiro atoms. The standard InChI is InChI=1S/C57H66ClF3N12O2/c1-36-28-57(35-72(36)44-11-10-41(29-62)49(58)26-44)17-23-69(24-18-57)52-13-12-45(54(61)65-52)56(75)64-43-14-20-68(21-15-43)31-38-6-8-39(9-7-38)32-73-50-16-22-70(37(2)74)34-48(50)55(66-73)71-19-4-5-40-25-46(42-30-63-67(3)33-42)47(53(59)60)27-51(40)71/h10-13,25-27,30,32-33,36,38-39,43,53H,4-9,14-24,28,31,34-35H2,1-3H3/p+1/b73-32-/t36-,38?,39?/m0/s1.